The van der Waals surface area contributed by atoms with E-state index in [9.17, 15) is 8.78 Å². The van der Waals surface area contributed by atoms with Crippen LogP contribution in [0, 0.1) is 11.6 Å². The van der Waals surface area contributed by atoms with Gasteiger partial charge in [-0.05, 0) is 12.1 Å². The fourth-order valence-corrected chi connectivity index (χ4v) is 1.53. The zero-order valence-corrected chi connectivity index (χ0v) is 10.0. The van der Waals surface area contributed by atoms with E-state index in [1.54, 1.807) is 10.8 Å². The molecule has 1 aromatic heterocycles. The van der Waals surface area contributed by atoms with Crippen LogP contribution in [0.4, 0.5) is 8.78 Å². The van der Waals surface area contributed by atoms with Crippen LogP contribution < -0.4 is 0 Å². The topological polar surface area (TPSA) is 17.8 Å². The number of benzene rings is 1. The quantitative estimate of drug-likeness (QED) is 0.741. The number of hydrogen-bond acceptors (Lipinski definition) is 1. The molecule has 0 N–H and O–H groups in total. The summed E-state index contributed by atoms with van der Waals surface area (Å²) in [6.07, 6.45) is 3.30. The maximum atomic E-state index is 13.6. The summed E-state index contributed by atoms with van der Waals surface area (Å²) in [5.41, 5.74) is 1.07. The maximum Gasteiger partial charge on any atom is 0.150 e. The molecule has 0 radical (unpaired) electrons. The van der Waals surface area contributed by atoms with Crippen LogP contribution in [0.25, 0.3) is 5.69 Å². The molecular weight excluding hydrogens is 222 g/mol. The van der Waals surface area contributed by atoms with Crippen LogP contribution in [-0.2, 0) is 5.41 Å². The van der Waals surface area contributed by atoms with Gasteiger partial charge in [-0.2, -0.15) is 0 Å². The maximum absolute atomic E-state index is 13.6. The summed E-state index contributed by atoms with van der Waals surface area (Å²) in [5, 5.41) is 0. The van der Waals surface area contributed by atoms with Crippen molar-refractivity contribution in [3.8, 4) is 5.69 Å². The number of aromatic nitrogens is 2. The van der Waals surface area contributed by atoms with Crippen molar-refractivity contribution in [1.29, 1.82) is 0 Å². The summed E-state index contributed by atoms with van der Waals surface area (Å²) in [4.78, 5) is 4.23. The SMILES string of the molecule is CC(C)(C)c1cn(-c2ccc(F)cc2F)cn1. The minimum atomic E-state index is -0.595. The van der Waals surface area contributed by atoms with E-state index in [1.807, 2.05) is 20.8 Å². The van der Waals surface area contributed by atoms with Crippen molar-refractivity contribution in [2.75, 3.05) is 0 Å². The normalized spacial score (nSPS) is 11.8. The predicted octanol–water partition coefficient (Wildman–Crippen LogP) is 3.45. The van der Waals surface area contributed by atoms with E-state index in [0.29, 0.717) is 5.69 Å². The fourth-order valence-electron chi connectivity index (χ4n) is 1.53. The van der Waals surface area contributed by atoms with Gasteiger partial charge in [-0.25, -0.2) is 13.8 Å². The Bertz CT molecular complexity index is 539. The van der Waals surface area contributed by atoms with Crippen molar-refractivity contribution in [1.82, 2.24) is 9.55 Å². The molecule has 17 heavy (non-hydrogen) atoms. The van der Waals surface area contributed by atoms with E-state index in [4.69, 9.17) is 0 Å². The van der Waals surface area contributed by atoms with Crippen molar-refractivity contribution >= 4 is 0 Å². The highest BCUT2D eigenvalue weighted by Gasteiger charge is 2.17. The summed E-state index contributed by atoms with van der Waals surface area (Å²) >= 11 is 0. The van der Waals surface area contributed by atoms with E-state index in [0.717, 1.165) is 11.8 Å². The van der Waals surface area contributed by atoms with Gasteiger partial charge in [-0.1, -0.05) is 20.8 Å². The first-order valence-electron chi connectivity index (χ1n) is 5.38. The number of imidazole rings is 1. The molecule has 0 aliphatic heterocycles. The molecule has 0 bridgehead atoms. The standard InChI is InChI=1S/C13H14F2N2/c1-13(2,3)12-7-17(8-16-12)11-5-4-9(14)6-10(11)15/h4-8H,1-3H3. The van der Waals surface area contributed by atoms with Gasteiger partial charge in [0.15, 0.2) is 0 Å². The summed E-state index contributed by atoms with van der Waals surface area (Å²) < 4.78 is 27.9. The highest BCUT2D eigenvalue weighted by atomic mass is 19.1. The molecule has 2 nitrogen and oxygen atoms in total. The van der Waals surface area contributed by atoms with Gasteiger partial charge in [-0.15, -0.1) is 0 Å². The number of rotatable bonds is 1. The molecule has 2 aromatic rings. The first-order chi connectivity index (χ1) is 7.88. The van der Waals surface area contributed by atoms with Crippen LogP contribution in [0.1, 0.15) is 26.5 Å². The molecule has 0 fully saturated rings. The van der Waals surface area contributed by atoms with Gasteiger partial charge in [-0.3, -0.25) is 0 Å². The summed E-state index contributed by atoms with van der Waals surface area (Å²) in [6.45, 7) is 6.09. The molecule has 90 valence electrons. The van der Waals surface area contributed by atoms with Crippen LogP contribution in [0.15, 0.2) is 30.7 Å². The van der Waals surface area contributed by atoms with E-state index >= 15 is 0 Å². The van der Waals surface area contributed by atoms with Crippen molar-refractivity contribution < 1.29 is 8.78 Å². The highest BCUT2D eigenvalue weighted by Crippen LogP contribution is 2.22. The lowest BCUT2D eigenvalue weighted by Crippen LogP contribution is -2.11. The molecule has 2 rings (SSSR count). The van der Waals surface area contributed by atoms with E-state index in [1.165, 1.54) is 18.5 Å². The Labute approximate surface area is 98.9 Å². The van der Waals surface area contributed by atoms with Gasteiger partial charge in [0, 0.05) is 17.7 Å². The lowest BCUT2D eigenvalue weighted by Gasteiger charge is -2.14. The fraction of sp³-hybridized carbons (Fsp3) is 0.308. The summed E-state index contributed by atoms with van der Waals surface area (Å²) in [5.74, 6) is -1.18. The zero-order chi connectivity index (χ0) is 12.6. The zero-order valence-electron chi connectivity index (χ0n) is 10.0. The number of nitrogens with zero attached hydrogens (tertiary/aromatic N) is 2. The Kier molecular flexibility index (Phi) is 2.73. The smallest absolute Gasteiger partial charge is 0.150 e. The second kappa shape index (κ2) is 3.95. The Morgan fingerprint density at radius 2 is 1.88 bits per heavy atom. The Balaban J connectivity index is 2.44. The molecule has 0 atom stereocenters. The van der Waals surface area contributed by atoms with Gasteiger partial charge >= 0.3 is 0 Å². The molecule has 0 unspecified atom stereocenters. The summed E-state index contributed by atoms with van der Waals surface area (Å²) in [7, 11) is 0. The number of halogens is 2. The van der Waals surface area contributed by atoms with Crippen LogP contribution in [0.3, 0.4) is 0 Å². The lowest BCUT2D eigenvalue weighted by atomic mass is 9.93. The molecule has 0 saturated heterocycles. The first-order valence-corrected chi connectivity index (χ1v) is 5.38. The Morgan fingerprint density at radius 1 is 1.18 bits per heavy atom. The van der Waals surface area contributed by atoms with E-state index in [2.05, 4.69) is 4.98 Å². The highest BCUT2D eigenvalue weighted by molar-refractivity contribution is 5.34. The molecule has 4 heteroatoms. The molecule has 0 amide bonds. The predicted molar refractivity (Wildman–Crippen MR) is 62.2 cm³/mol. The third kappa shape index (κ3) is 2.35. The third-order valence-corrected chi connectivity index (χ3v) is 2.54. The van der Waals surface area contributed by atoms with Crippen molar-refractivity contribution in [2.45, 2.75) is 26.2 Å². The van der Waals surface area contributed by atoms with Crippen LogP contribution >= 0.6 is 0 Å². The molecule has 1 aromatic carbocycles. The second-order valence-electron chi connectivity index (χ2n) is 5.01. The first kappa shape index (κ1) is 11.8. The largest absolute Gasteiger partial charge is 0.303 e. The Morgan fingerprint density at radius 3 is 2.41 bits per heavy atom. The molecule has 0 aliphatic carbocycles. The molecular formula is C13H14F2N2. The molecule has 0 aliphatic rings. The van der Waals surface area contributed by atoms with Gasteiger partial charge < -0.3 is 4.57 Å². The summed E-state index contributed by atoms with van der Waals surface area (Å²) in [6, 6.07) is 3.50. The van der Waals surface area contributed by atoms with Crippen molar-refractivity contribution in [3.05, 3.63) is 48.1 Å². The van der Waals surface area contributed by atoms with Gasteiger partial charge in [0.25, 0.3) is 0 Å². The average Bonchev–Trinajstić information content (AvgIpc) is 2.65. The van der Waals surface area contributed by atoms with Gasteiger partial charge in [0.05, 0.1) is 17.7 Å². The van der Waals surface area contributed by atoms with Crippen molar-refractivity contribution in [2.24, 2.45) is 0 Å². The molecule has 0 saturated carbocycles. The van der Waals surface area contributed by atoms with Gasteiger partial charge in [0.1, 0.15) is 11.6 Å². The van der Waals surface area contributed by atoms with Crippen LogP contribution in [0.2, 0.25) is 0 Å². The lowest BCUT2D eigenvalue weighted by molar-refractivity contribution is 0.570. The van der Waals surface area contributed by atoms with E-state index < -0.39 is 11.6 Å². The van der Waals surface area contributed by atoms with Crippen LogP contribution in [-0.4, -0.2) is 9.55 Å². The van der Waals surface area contributed by atoms with E-state index in [-0.39, 0.29) is 5.41 Å². The Hall–Kier alpha value is -1.71. The second-order valence-corrected chi connectivity index (χ2v) is 5.01. The third-order valence-electron chi connectivity index (χ3n) is 2.54. The molecule has 1 heterocycles. The van der Waals surface area contributed by atoms with Crippen LogP contribution in [0.5, 0.6) is 0 Å². The number of hydrogen-bond donors (Lipinski definition) is 0. The van der Waals surface area contributed by atoms with Gasteiger partial charge in [0.2, 0.25) is 0 Å². The monoisotopic (exact) mass is 236 g/mol. The minimum Gasteiger partial charge on any atom is -0.303 e. The average molecular weight is 236 g/mol. The minimum absolute atomic E-state index is 0.0955. The molecule has 0 spiro atoms. The van der Waals surface area contributed by atoms with Crippen molar-refractivity contribution in [3.63, 3.8) is 0 Å².